The molecule has 1 saturated heterocycles. The Bertz CT molecular complexity index is 759. The quantitative estimate of drug-likeness (QED) is 0.534. The van der Waals surface area contributed by atoms with Gasteiger partial charge in [-0.1, -0.05) is 43.7 Å². The smallest absolute Gasteiger partial charge is 0.261 e. The lowest BCUT2D eigenvalue weighted by Crippen LogP contribution is -2.54. The predicted octanol–water partition coefficient (Wildman–Crippen LogP) is 4.73. The molecule has 186 valence electrons. The average Bonchev–Trinajstić information content (AvgIpc) is 3.09. The lowest BCUT2D eigenvalue weighted by molar-refractivity contribution is -0.0942. The lowest BCUT2D eigenvalue weighted by Gasteiger charge is -2.47. The van der Waals surface area contributed by atoms with E-state index in [4.69, 9.17) is 4.74 Å². The highest BCUT2D eigenvalue weighted by Gasteiger charge is 2.51. The van der Waals surface area contributed by atoms with Gasteiger partial charge in [0, 0.05) is 19.6 Å². The van der Waals surface area contributed by atoms with Crippen molar-refractivity contribution < 1.29 is 23.7 Å². The molecule has 4 rings (SSSR count). The number of ether oxygens (including phenoxy) is 1. The highest BCUT2D eigenvalue weighted by molar-refractivity contribution is 5.29. The van der Waals surface area contributed by atoms with Gasteiger partial charge in [-0.3, -0.25) is 4.90 Å². The Morgan fingerprint density at radius 1 is 1.18 bits per heavy atom. The number of allylic oxidation sites excluding steroid dienone is 3. The maximum absolute atomic E-state index is 12.3. The highest BCUT2D eigenvalue weighted by Crippen LogP contribution is 2.59. The number of alkyl halides is 2. The molecule has 1 heterocycles. The van der Waals surface area contributed by atoms with Crippen LogP contribution in [0.2, 0.25) is 0 Å². The van der Waals surface area contributed by atoms with E-state index in [-0.39, 0.29) is 6.10 Å². The molecule has 1 unspecified atom stereocenters. The Morgan fingerprint density at radius 3 is 2.55 bits per heavy atom. The van der Waals surface area contributed by atoms with Gasteiger partial charge in [-0.2, -0.15) is 0 Å². The largest absolute Gasteiger partial charge is 0.388 e. The third-order valence-electron chi connectivity index (χ3n) is 8.95. The third kappa shape index (κ3) is 5.44. The SMILES string of the molecule is C=C1[C@H](O)CC(=CC=C2CCC[C@]3(C)[C@@H](C(C)CN4CC(OCC(F)F)C4)CC[C@@H]23)C[C@H]1O. The molecule has 0 amide bonds. The summed E-state index contributed by atoms with van der Waals surface area (Å²) in [6, 6.07) is 0. The number of aliphatic hydroxyl groups excluding tert-OH is 2. The minimum atomic E-state index is -2.38. The van der Waals surface area contributed by atoms with E-state index < -0.39 is 25.2 Å². The fourth-order valence-electron chi connectivity index (χ4n) is 7.16. The number of likely N-dealkylation sites (tertiary alicyclic amines) is 1. The normalized spacial score (nSPS) is 38.0. The van der Waals surface area contributed by atoms with Crippen molar-refractivity contribution in [2.45, 2.75) is 83.5 Å². The van der Waals surface area contributed by atoms with Crippen molar-refractivity contribution in [2.75, 3.05) is 26.2 Å². The molecule has 0 aromatic carbocycles. The fraction of sp³-hybridized carbons (Fsp3) is 0.778. The highest BCUT2D eigenvalue weighted by atomic mass is 19.3. The summed E-state index contributed by atoms with van der Waals surface area (Å²) in [6.45, 7) is 10.8. The molecule has 0 radical (unpaired) electrons. The monoisotopic (exact) mass is 465 g/mol. The summed E-state index contributed by atoms with van der Waals surface area (Å²) in [4.78, 5) is 2.36. The number of hydrogen-bond donors (Lipinski definition) is 2. The number of fused-ring (bicyclic) bond motifs is 1. The van der Waals surface area contributed by atoms with Crippen molar-refractivity contribution >= 4 is 0 Å². The van der Waals surface area contributed by atoms with Gasteiger partial charge in [0.2, 0.25) is 0 Å². The number of nitrogens with zero attached hydrogens (tertiary/aromatic N) is 1. The first-order valence-electron chi connectivity index (χ1n) is 12.7. The van der Waals surface area contributed by atoms with Crippen LogP contribution in [0.5, 0.6) is 0 Å². The number of aliphatic hydroxyl groups is 2. The van der Waals surface area contributed by atoms with E-state index in [1.165, 1.54) is 31.3 Å². The second kappa shape index (κ2) is 10.3. The molecule has 0 aromatic heterocycles. The molecule has 3 aliphatic carbocycles. The van der Waals surface area contributed by atoms with Crippen molar-refractivity contribution in [3.05, 3.63) is 35.5 Å². The van der Waals surface area contributed by atoms with E-state index in [9.17, 15) is 19.0 Å². The average molecular weight is 466 g/mol. The molecular weight excluding hydrogens is 424 g/mol. The Balaban J connectivity index is 1.35. The first kappa shape index (κ1) is 25.0. The molecule has 6 heteroatoms. The van der Waals surface area contributed by atoms with Gasteiger partial charge in [0.25, 0.3) is 6.43 Å². The van der Waals surface area contributed by atoms with Crippen LogP contribution in [0.3, 0.4) is 0 Å². The van der Waals surface area contributed by atoms with Gasteiger partial charge in [-0.25, -0.2) is 8.78 Å². The van der Waals surface area contributed by atoms with Gasteiger partial charge in [-0.15, -0.1) is 0 Å². The summed E-state index contributed by atoms with van der Waals surface area (Å²) in [5, 5.41) is 20.3. The first-order valence-corrected chi connectivity index (χ1v) is 12.7. The van der Waals surface area contributed by atoms with Gasteiger partial charge in [-0.05, 0) is 73.7 Å². The minimum Gasteiger partial charge on any atom is -0.388 e. The summed E-state index contributed by atoms with van der Waals surface area (Å²) in [7, 11) is 0. The maximum atomic E-state index is 12.3. The minimum absolute atomic E-state index is 0.0376. The van der Waals surface area contributed by atoms with Crippen LogP contribution < -0.4 is 0 Å². The zero-order valence-corrected chi connectivity index (χ0v) is 20.2. The van der Waals surface area contributed by atoms with E-state index in [1.807, 2.05) is 0 Å². The van der Waals surface area contributed by atoms with E-state index in [0.29, 0.717) is 41.6 Å². The molecule has 0 aromatic rings. The topological polar surface area (TPSA) is 52.9 Å². The molecule has 0 bridgehead atoms. The predicted molar refractivity (Wildman–Crippen MR) is 126 cm³/mol. The van der Waals surface area contributed by atoms with Crippen molar-refractivity contribution in [2.24, 2.45) is 23.2 Å². The molecule has 1 aliphatic heterocycles. The molecule has 6 atom stereocenters. The van der Waals surface area contributed by atoms with Crippen molar-refractivity contribution in [1.29, 1.82) is 0 Å². The van der Waals surface area contributed by atoms with Gasteiger partial charge in [0.15, 0.2) is 0 Å². The molecule has 4 fully saturated rings. The van der Waals surface area contributed by atoms with E-state index in [1.54, 1.807) is 0 Å². The summed E-state index contributed by atoms with van der Waals surface area (Å²) in [6.07, 6.45) is 7.94. The van der Waals surface area contributed by atoms with Crippen LogP contribution in [0.4, 0.5) is 8.78 Å². The second-order valence-electron chi connectivity index (χ2n) is 11.2. The standard InChI is InChI=1S/C27H41F2NO3/c1-17(13-30-14-21(15-30)33-16-26(28)29)22-8-9-23-20(5-4-10-27(22,23)3)7-6-19-11-24(31)18(2)25(32)12-19/h6-7,17,21-26,31-32H,2,4-5,8-16H2,1,3H3/t17?,22-,23+,24-,25-,27-/m1/s1. The van der Waals surface area contributed by atoms with Crippen molar-refractivity contribution in [1.82, 2.24) is 4.90 Å². The zero-order valence-electron chi connectivity index (χ0n) is 20.2. The van der Waals surface area contributed by atoms with Crippen LogP contribution in [0.25, 0.3) is 0 Å². The van der Waals surface area contributed by atoms with Crippen LogP contribution in [0.1, 0.15) is 58.8 Å². The van der Waals surface area contributed by atoms with E-state index in [2.05, 4.69) is 37.5 Å². The number of hydrogen-bond acceptors (Lipinski definition) is 4. The number of rotatable bonds is 7. The first-order chi connectivity index (χ1) is 15.7. The van der Waals surface area contributed by atoms with Crippen LogP contribution >= 0.6 is 0 Å². The van der Waals surface area contributed by atoms with Crippen LogP contribution in [-0.4, -0.2) is 66.1 Å². The molecule has 4 aliphatic rings. The lowest BCUT2D eigenvalue weighted by atomic mass is 9.61. The van der Waals surface area contributed by atoms with Gasteiger partial charge in [0.1, 0.15) is 6.61 Å². The number of halogens is 2. The Labute approximate surface area is 197 Å². The zero-order chi connectivity index (χ0) is 23.8. The summed E-state index contributed by atoms with van der Waals surface area (Å²) in [5.41, 5.74) is 3.47. The third-order valence-corrected chi connectivity index (χ3v) is 8.95. The van der Waals surface area contributed by atoms with Gasteiger partial charge >= 0.3 is 0 Å². The summed E-state index contributed by atoms with van der Waals surface area (Å²) >= 11 is 0. The Hall–Kier alpha value is -1.08. The van der Waals surface area contributed by atoms with Crippen LogP contribution in [0.15, 0.2) is 35.5 Å². The summed E-state index contributed by atoms with van der Waals surface area (Å²) < 4.78 is 29.9. The van der Waals surface area contributed by atoms with Crippen molar-refractivity contribution in [3.63, 3.8) is 0 Å². The Morgan fingerprint density at radius 2 is 1.88 bits per heavy atom. The van der Waals surface area contributed by atoms with E-state index >= 15 is 0 Å². The van der Waals surface area contributed by atoms with E-state index in [0.717, 1.165) is 31.6 Å². The fourth-order valence-corrected chi connectivity index (χ4v) is 7.16. The molecule has 3 saturated carbocycles. The molecule has 4 nitrogen and oxygen atoms in total. The van der Waals surface area contributed by atoms with Gasteiger partial charge < -0.3 is 14.9 Å². The molecular formula is C27H41F2NO3. The Kier molecular flexibility index (Phi) is 7.79. The molecule has 33 heavy (non-hydrogen) atoms. The molecule has 2 N–H and O–H groups in total. The second-order valence-corrected chi connectivity index (χ2v) is 11.2. The summed E-state index contributed by atoms with van der Waals surface area (Å²) in [5.74, 6) is 1.84. The molecule has 0 spiro atoms. The van der Waals surface area contributed by atoms with Crippen molar-refractivity contribution in [3.8, 4) is 0 Å². The van der Waals surface area contributed by atoms with Crippen LogP contribution in [0, 0.1) is 23.2 Å². The van der Waals surface area contributed by atoms with Crippen LogP contribution in [-0.2, 0) is 4.74 Å². The maximum Gasteiger partial charge on any atom is 0.261 e. The van der Waals surface area contributed by atoms with Gasteiger partial charge in [0.05, 0.1) is 18.3 Å².